The number of anilines is 2. The van der Waals surface area contributed by atoms with E-state index >= 15 is 0 Å². The van der Waals surface area contributed by atoms with Crippen LogP contribution < -0.4 is 10.2 Å². The number of piperazine rings is 1. The first-order valence-electron chi connectivity index (χ1n) is 8.81. The molecule has 0 saturated carbocycles. The summed E-state index contributed by atoms with van der Waals surface area (Å²) in [5.41, 5.74) is 3.07. The summed E-state index contributed by atoms with van der Waals surface area (Å²) in [5, 5.41) is 4.01. The average Bonchev–Trinajstić information content (AvgIpc) is 2.64. The van der Waals surface area contributed by atoms with Gasteiger partial charge in [-0.3, -0.25) is 4.79 Å². The van der Waals surface area contributed by atoms with Gasteiger partial charge >= 0.3 is 0 Å². The van der Waals surface area contributed by atoms with Crippen molar-refractivity contribution in [2.75, 3.05) is 42.9 Å². The topological polar surface area (TPSA) is 35.6 Å². The molecule has 1 fully saturated rings. The molecular formula is C20H23ClFN3O. The molecule has 6 heteroatoms. The molecule has 0 bridgehead atoms. The van der Waals surface area contributed by atoms with Gasteiger partial charge in [0.05, 0.1) is 0 Å². The zero-order chi connectivity index (χ0) is 18.5. The molecule has 1 N–H and O–H groups in total. The first-order chi connectivity index (χ1) is 12.5. The smallest absolute Gasteiger partial charge is 0.224 e. The lowest BCUT2D eigenvalue weighted by molar-refractivity contribution is -0.131. The Morgan fingerprint density at radius 3 is 2.46 bits per heavy atom. The van der Waals surface area contributed by atoms with Crippen molar-refractivity contribution in [1.29, 1.82) is 0 Å². The number of amides is 1. The molecule has 1 aliphatic rings. The molecule has 0 unspecified atom stereocenters. The second kappa shape index (κ2) is 8.41. The Morgan fingerprint density at radius 2 is 1.81 bits per heavy atom. The van der Waals surface area contributed by atoms with E-state index in [4.69, 9.17) is 11.6 Å². The number of hydrogen-bond donors (Lipinski definition) is 1. The summed E-state index contributed by atoms with van der Waals surface area (Å²) in [5.74, 6) is -0.0751. The fourth-order valence-corrected chi connectivity index (χ4v) is 3.38. The number of nitrogens with zero attached hydrogens (tertiary/aromatic N) is 2. The Labute approximate surface area is 158 Å². The minimum Gasteiger partial charge on any atom is -0.384 e. The van der Waals surface area contributed by atoms with Crippen LogP contribution in [0.25, 0.3) is 0 Å². The molecule has 1 aliphatic heterocycles. The van der Waals surface area contributed by atoms with E-state index in [1.165, 1.54) is 12.1 Å². The highest BCUT2D eigenvalue weighted by Crippen LogP contribution is 2.20. The zero-order valence-electron chi connectivity index (χ0n) is 14.8. The van der Waals surface area contributed by atoms with Crippen LogP contribution >= 0.6 is 11.6 Å². The molecule has 0 atom stereocenters. The minimum atomic E-state index is -0.231. The van der Waals surface area contributed by atoms with Crippen molar-refractivity contribution in [3.05, 3.63) is 58.9 Å². The van der Waals surface area contributed by atoms with E-state index in [0.717, 1.165) is 30.0 Å². The second-order valence-corrected chi connectivity index (χ2v) is 6.92. The number of carbonyl (C=O) groups excluding carboxylic acids is 1. The van der Waals surface area contributed by atoms with Gasteiger partial charge < -0.3 is 15.1 Å². The van der Waals surface area contributed by atoms with Gasteiger partial charge in [-0.1, -0.05) is 11.6 Å². The summed E-state index contributed by atoms with van der Waals surface area (Å²) < 4.78 is 13.0. The van der Waals surface area contributed by atoms with Crippen molar-refractivity contribution >= 4 is 28.9 Å². The van der Waals surface area contributed by atoms with Gasteiger partial charge in [0.1, 0.15) is 5.82 Å². The number of benzene rings is 2. The molecule has 0 spiro atoms. The van der Waals surface area contributed by atoms with Gasteiger partial charge in [-0.25, -0.2) is 4.39 Å². The Bertz CT molecular complexity index is 758. The number of nitrogens with one attached hydrogen (secondary N) is 1. The van der Waals surface area contributed by atoms with Crippen LogP contribution in [0.1, 0.15) is 12.0 Å². The number of rotatable bonds is 5. The van der Waals surface area contributed by atoms with E-state index in [-0.39, 0.29) is 11.7 Å². The fraction of sp³-hybridized carbons (Fsp3) is 0.350. The van der Waals surface area contributed by atoms with Crippen molar-refractivity contribution in [1.82, 2.24) is 4.90 Å². The summed E-state index contributed by atoms with van der Waals surface area (Å²) >= 11 is 5.96. The highest BCUT2D eigenvalue weighted by molar-refractivity contribution is 6.30. The lowest BCUT2D eigenvalue weighted by Crippen LogP contribution is -2.49. The third-order valence-corrected chi connectivity index (χ3v) is 4.90. The molecule has 1 heterocycles. The standard InChI is InChI=1S/C20H23ClFN3O/c1-15-14-16(21)2-7-19(15)23-9-8-20(26)25-12-10-24(11-13-25)18-5-3-17(22)4-6-18/h2-7,14,23H,8-13H2,1H3. The highest BCUT2D eigenvalue weighted by Gasteiger charge is 2.21. The number of halogens is 2. The molecule has 0 radical (unpaired) electrons. The van der Waals surface area contributed by atoms with Crippen LogP contribution in [0.2, 0.25) is 5.02 Å². The lowest BCUT2D eigenvalue weighted by Gasteiger charge is -2.36. The van der Waals surface area contributed by atoms with E-state index in [9.17, 15) is 9.18 Å². The lowest BCUT2D eigenvalue weighted by atomic mass is 10.2. The summed E-state index contributed by atoms with van der Waals surface area (Å²) in [6.45, 7) is 5.50. The van der Waals surface area contributed by atoms with Gasteiger partial charge in [-0.2, -0.15) is 0 Å². The molecule has 138 valence electrons. The predicted molar refractivity (Wildman–Crippen MR) is 104 cm³/mol. The molecule has 26 heavy (non-hydrogen) atoms. The summed E-state index contributed by atoms with van der Waals surface area (Å²) in [7, 11) is 0. The number of carbonyl (C=O) groups is 1. The summed E-state index contributed by atoms with van der Waals surface area (Å²) in [6, 6.07) is 12.2. The Kier molecular flexibility index (Phi) is 5.99. The van der Waals surface area contributed by atoms with Crippen LogP contribution in [-0.4, -0.2) is 43.5 Å². The first kappa shape index (κ1) is 18.5. The summed E-state index contributed by atoms with van der Waals surface area (Å²) in [4.78, 5) is 16.5. The SMILES string of the molecule is Cc1cc(Cl)ccc1NCCC(=O)N1CCN(c2ccc(F)cc2)CC1. The maximum Gasteiger partial charge on any atom is 0.224 e. The van der Waals surface area contributed by atoms with Crippen molar-refractivity contribution in [2.24, 2.45) is 0 Å². The molecule has 2 aromatic rings. The van der Waals surface area contributed by atoms with Crippen LogP contribution in [0.3, 0.4) is 0 Å². The molecule has 0 aliphatic carbocycles. The molecule has 0 aromatic heterocycles. The van der Waals surface area contributed by atoms with E-state index in [1.54, 1.807) is 12.1 Å². The van der Waals surface area contributed by atoms with E-state index in [2.05, 4.69) is 10.2 Å². The molecule has 1 saturated heterocycles. The first-order valence-corrected chi connectivity index (χ1v) is 9.19. The fourth-order valence-electron chi connectivity index (χ4n) is 3.15. The van der Waals surface area contributed by atoms with Crippen molar-refractivity contribution in [3.8, 4) is 0 Å². The second-order valence-electron chi connectivity index (χ2n) is 6.48. The van der Waals surface area contributed by atoms with Gasteiger partial charge in [-0.05, 0) is 55.0 Å². The molecular weight excluding hydrogens is 353 g/mol. The number of aryl methyl sites for hydroxylation is 1. The third-order valence-electron chi connectivity index (χ3n) is 4.67. The van der Waals surface area contributed by atoms with Crippen LogP contribution in [0.15, 0.2) is 42.5 Å². The van der Waals surface area contributed by atoms with E-state index in [1.807, 2.05) is 30.0 Å². The van der Waals surface area contributed by atoms with Crippen molar-refractivity contribution in [3.63, 3.8) is 0 Å². The monoisotopic (exact) mass is 375 g/mol. The molecule has 4 nitrogen and oxygen atoms in total. The quantitative estimate of drug-likeness (QED) is 0.859. The van der Waals surface area contributed by atoms with Crippen LogP contribution in [0.4, 0.5) is 15.8 Å². The minimum absolute atomic E-state index is 0.155. The van der Waals surface area contributed by atoms with Gasteiger partial charge in [0, 0.05) is 55.5 Å². The van der Waals surface area contributed by atoms with Crippen molar-refractivity contribution < 1.29 is 9.18 Å². The Hall–Kier alpha value is -2.27. The average molecular weight is 376 g/mol. The maximum atomic E-state index is 13.0. The largest absolute Gasteiger partial charge is 0.384 e. The zero-order valence-corrected chi connectivity index (χ0v) is 15.6. The maximum absolute atomic E-state index is 13.0. The van der Waals surface area contributed by atoms with Crippen LogP contribution in [0.5, 0.6) is 0 Å². The van der Waals surface area contributed by atoms with Crippen LogP contribution in [0, 0.1) is 12.7 Å². The Morgan fingerprint density at radius 1 is 1.12 bits per heavy atom. The van der Waals surface area contributed by atoms with Gasteiger partial charge in [0.2, 0.25) is 5.91 Å². The van der Waals surface area contributed by atoms with Crippen molar-refractivity contribution in [2.45, 2.75) is 13.3 Å². The summed E-state index contributed by atoms with van der Waals surface area (Å²) in [6.07, 6.45) is 0.457. The normalized spacial score (nSPS) is 14.4. The molecule has 2 aromatic carbocycles. The van der Waals surface area contributed by atoms with Gasteiger partial charge in [-0.15, -0.1) is 0 Å². The van der Waals surface area contributed by atoms with Crippen LogP contribution in [-0.2, 0) is 4.79 Å². The highest BCUT2D eigenvalue weighted by atomic mass is 35.5. The van der Waals surface area contributed by atoms with E-state index < -0.39 is 0 Å². The molecule has 3 rings (SSSR count). The third kappa shape index (κ3) is 4.67. The van der Waals surface area contributed by atoms with Gasteiger partial charge in [0.25, 0.3) is 0 Å². The van der Waals surface area contributed by atoms with E-state index in [0.29, 0.717) is 31.1 Å². The predicted octanol–water partition coefficient (Wildman–Crippen LogP) is 3.94. The Balaban J connectivity index is 1.44. The van der Waals surface area contributed by atoms with Gasteiger partial charge in [0.15, 0.2) is 0 Å². The number of hydrogen-bond acceptors (Lipinski definition) is 3. The molecule has 1 amide bonds.